The molecule has 0 saturated carbocycles. The number of benzene rings is 4. The minimum Gasteiger partial charge on any atom is -0.497 e. The molecule has 4 rings (SSSR count). The van der Waals surface area contributed by atoms with E-state index in [1.807, 2.05) is 91.0 Å². The van der Waals surface area contributed by atoms with Crippen LogP contribution in [0.25, 0.3) is 0 Å². The van der Waals surface area contributed by atoms with Crippen molar-refractivity contribution in [3.05, 3.63) is 135 Å². The van der Waals surface area contributed by atoms with Crippen LogP contribution < -0.4 is 9.47 Å². The number of nitrogens with zero attached hydrogens (tertiary/aromatic N) is 2. The number of ether oxygens (including phenoxy) is 2. The molecular formula is C32H34N2O5. The molecule has 4 aromatic rings. The lowest BCUT2D eigenvalue weighted by Gasteiger charge is -2.36. The summed E-state index contributed by atoms with van der Waals surface area (Å²) >= 11 is 0. The SMILES string of the molecule is COc1ccc(CC(C)N(Cc2ccccc2)C(CO)c2ccc(OCc3ccccc3)c([N+](=O)[O-])c2)cc1. The van der Waals surface area contributed by atoms with Gasteiger partial charge in [0, 0.05) is 18.7 Å². The summed E-state index contributed by atoms with van der Waals surface area (Å²) in [6.45, 7) is 2.72. The van der Waals surface area contributed by atoms with E-state index in [1.165, 1.54) is 6.07 Å². The first-order valence-corrected chi connectivity index (χ1v) is 13.0. The Balaban J connectivity index is 1.62. The Kier molecular flexibility index (Phi) is 9.67. The van der Waals surface area contributed by atoms with E-state index in [4.69, 9.17) is 9.47 Å². The Bertz CT molecular complexity index is 1330. The van der Waals surface area contributed by atoms with E-state index < -0.39 is 11.0 Å². The van der Waals surface area contributed by atoms with Crippen molar-refractivity contribution in [1.29, 1.82) is 0 Å². The Morgan fingerprint density at radius 1 is 0.872 bits per heavy atom. The summed E-state index contributed by atoms with van der Waals surface area (Å²) in [6.07, 6.45) is 0.730. The summed E-state index contributed by atoms with van der Waals surface area (Å²) in [4.78, 5) is 13.8. The summed E-state index contributed by atoms with van der Waals surface area (Å²) in [6, 6.07) is 32.0. The number of nitro benzene ring substituents is 1. The van der Waals surface area contributed by atoms with E-state index >= 15 is 0 Å². The highest BCUT2D eigenvalue weighted by Crippen LogP contribution is 2.34. The second-order valence-electron chi connectivity index (χ2n) is 9.52. The monoisotopic (exact) mass is 526 g/mol. The van der Waals surface area contributed by atoms with Crippen molar-refractivity contribution in [2.24, 2.45) is 0 Å². The maximum Gasteiger partial charge on any atom is 0.311 e. The van der Waals surface area contributed by atoms with Crippen LogP contribution in [0.15, 0.2) is 103 Å². The van der Waals surface area contributed by atoms with Crippen LogP contribution in [0.5, 0.6) is 11.5 Å². The number of hydrogen-bond acceptors (Lipinski definition) is 6. The molecular weight excluding hydrogens is 492 g/mol. The predicted molar refractivity (Wildman–Crippen MR) is 152 cm³/mol. The first-order chi connectivity index (χ1) is 19.0. The molecule has 0 radical (unpaired) electrons. The van der Waals surface area contributed by atoms with Gasteiger partial charge in [0.05, 0.1) is 24.7 Å². The van der Waals surface area contributed by atoms with Gasteiger partial charge in [-0.2, -0.15) is 0 Å². The van der Waals surface area contributed by atoms with Gasteiger partial charge >= 0.3 is 5.69 Å². The smallest absolute Gasteiger partial charge is 0.311 e. The number of methoxy groups -OCH3 is 1. The largest absolute Gasteiger partial charge is 0.497 e. The molecule has 0 spiro atoms. The highest BCUT2D eigenvalue weighted by atomic mass is 16.6. The zero-order chi connectivity index (χ0) is 27.6. The van der Waals surface area contributed by atoms with Crippen molar-refractivity contribution in [2.45, 2.75) is 38.6 Å². The molecule has 7 heteroatoms. The van der Waals surface area contributed by atoms with Gasteiger partial charge in [0.15, 0.2) is 5.75 Å². The first-order valence-electron chi connectivity index (χ1n) is 13.0. The van der Waals surface area contributed by atoms with Crippen LogP contribution in [0.4, 0.5) is 5.69 Å². The molecule has 0 aliphatic rings. The zero-order valence-corrected chi connectivity index (χ0v) is 22.3. The fourth-order valence-corrected chi connectivity index (χ4v) is 4.73. The van der Waals surface area contributed by atoms with E-state index in [1.54, 1.807) is 13.2 Å². The van der Waals surface area contributed by atoms with Crippen LogP contribution in [0.2, 0.25) is 0 Å². The van der Waals surface area contributed by atoms with Gasteiger partial charge in [-0.1, -0.05) is 78.9 Å². The lowest BCUT2D eigenvalue weighted by atomic mass is 9.98. The third kappa shape index (κ3) is 7.44. The van der Waals surface area contributed by atoms with Crippen molar-refractivity contribution in [3.63, 3.8) is 0 Å². The van der Waals surface area contributed by atoms with Gasteiger partial charge in [0.1, 0.15) is 12.4 Å². The zero-order valence-electron chi connectivity index (χ0n) is 22.3. The quantitative estimate of drug-likeness (QED) is 0.161. The molecule has 2 atom stereocenters. The van der Waals surface area contributed by atoms with Gasteiger partial charge in [0.25, 0.3) is 0 Å². The molecule has 0 fully saturated rings. The van der Waals surface area contributed by atoms with Gasteiger partial charge < -0.3 is 14.6 Å². The van der Waals surface area contributed by atoms with Crippen LogP contribution >= 0.6 is 0 Å². The van der Waals surface area contributed by atoms with Crippen LogP contribution in [-0.4, -0.2) is 34.7 Å². The van der Waals surface area contributed by atoms with Crippen molar-refractivity contribution < 1.29 is 19.5 Å². The summed E-state index contributed by atoms with van der Waals surface area (Å²) in [5.41, 5.74) is 3.69. The van der Waals surface area contributed by atoms with E-state index in [0.717, 1.165) is 28.9 Å². The summed E-state index contributed by atoms with van der Waals surface area (Å²) in [5, 5.41) is 22.6. The second kappa shape index (κ2) is 13.6. The fourth-order valence-electron chi connectivity index (χ4n) is 4.73. The van der Waals surface area contributed by atoms with Crippen LogP contribution in [0, 0.1) is 10.1 Å². The second-order valence-corrected chi connectivity index (χ2v) is 9.52. The first kappa shape index (κ1) is 27.8. The fraction of sp³-hybridized carbons (Fsp3) is 0.250. The molecule has 0 aliphatic heterocycles. The number of aliphatic hydroxyl groups excluding tert-OH is 1. The van der Waals surface area contributed by atoms with Gasteiger partial charge in [-0.25, -0.2) is 0 Å². The summed E-state index contributed by atoms with van der Waals surface area (Å²) in [7, 11) is 1.64. The van der Waals surface area contributed by atoms with Crippen LogP contribution in [-0.2, 0) is 19.6 Å². The van der Waals surface area contributed by atoms with Gasteiger partial charge in [-0.05, 0) is 53.8 Å². The van der Waals surface area contributed by atoms with E-state index in [0.29, 0.717) is 12.1 Å². The van der Waals surface area contributed by atoms with Crippen molar-refractivity contribution in [3.8, 4) is 11.5 Å². The van der Waals surface area contributed by atoms with E-state index in [-0.39, 0.29) is 30.7 Å². The molecule has 1 N–H and O–H groups in total. The molecule has 39 heavy (non-hydrogen) atoms. The Hall–Kier alpha value is -4.20. The molecule has 0 amide bonds. The van der Waals surface area contributed by atoms with Crippen molar-refractivity contribution in [2.75, 3.05) is 13.7 Å². The van der Waals surface area contributed by atoms with Crippen molar-refractivity contribution in [1.82, 2.24) is 4.90 Å². The highest BCUT2D eigenvalue weighted by Gasteiger charge is 2.28. The molecule has 0 aliphatic carbocycles. The molecule has 202 valence electrons. The molecule has 2 unspecified atom stereocenters. The van der Waals surface area contributed by atoms with Gasteiger partial charge in [-0.3, -0.25) is 15.0 Å². The highest BCUT2D eigenvalue weighted by molar-refractivity contribution is 5.49. The third-order valence-electron chi connectivity index (χ3n) is 6.84. The topological polar surface area (TPSA) is 85.1 Å². The van der Waals surface area contributed by atoms with Crippen molar-refractivity contribution >= 4 is 5.69 Å². The maximum atomic E-state index is 12.0. The lowest BCUT2D eigenvalue weighted by molar-refractivity contribution is -0.386. The Morgan fingerprint density at radius 2 is 1.51 bits per heavy atom. The number of rotatable bonds is 13. The van der Waals surface area contributed by atoms with Crippen LogP contribution in [0.3, 0.4) is 0 Å². The standard InChI is InChI=1S/C32H34N2O5/c1-24(19-25-13-16-29(38-2)17-14-25)33(21-26-9-5-3-6-10-26)31(22-35)28-15-18-32(30(20-28)34(36)37)39-23-27-11-7-4-8-12-27/h3-18,20,24,31,35H,19,21-23H2,1-2H3. The number of aliphatic hydroxyl groups is 1. The maximum absolute atomic E-state index is 12.0. The molecule has 7 nitrogen and oxygen atoms in total. The van der Waals surface area contributed by atoms with E-state index in [2.05, 4.69) is 11.8 Å². The predicted octanol–water partition coefficient (Wildman–Crippen LogP) is 6.35. The lowest BCUT2D eigenvalue weighted by Crippen LogP contribution is -2.39. The minimum atomic E-state index is -0.458. The summed E-state index contributed by atoms with van der Waals surface area (Å²) in [5.74, 6) is 0.993. The molecule has 0 saturated heterocycles. The average Bonchev–Trinajstić information content (AvgIpc) is 2.97. The molecule has 0 heterocycles. The minimum absolute atomic E-state index is 0.0174. The third-order valence-corrected chi connectivity index (χ3v) is 6.84. The molecule has 0 bridgehead atoms. The number of hydrogen-bond donors (Lipinski definition) is 1. The number of nitro groups is 1. The normalized spacial score (nSPS) is 12.6. The summed E-state index contributed by atoms with van der Waals surface area (Å²) < 4.78 is 11.1. The van der Waals surface area contributed by atoms with Crippen LogP contribution in [0.1, 0.15) is 35.2 Å². The van der Waals surface area contributed by atoms with Gasteiger partial charge in [0.2, 0.25) is 0 Å². The average molecular weight is 527 g/mol. The van der Waals surface area contributed by atoms with E-state index in [9.17, 15) is 15.2 Å². The Morgan fingerprint density at radius 3 is 2.10 bits per heavy atom. The van der Waals surface area contributed by atoms with Gasteiger partial charge in [-0.15, -0.1) is 0 Å². The molecule has 0 aromatic heterocycles. The molecule has 4 aromatic carbocycles. The Labute approximate surface area is 229 Å².